The maximum absolute atomic E-state index is 11.0. The predicted octanol–water partition coefficient (Wildman–Crippen LogP) is -0.971. The van der Waals surface area contributed by atoms with Gasteiger partial charge in [-0.05, 0) is 86.6 Å². The van der Waals surface area contributed by atoms with Crippen molar-refractivity contribution in [1.82, 2.24) is 26.2 Å². The Morgan fingerprint density at radius 3 is 1.44 bits per heavy atom. The monoisotopic (exact) mass is 633 g/mol. The summed E-state index contributed by atoms with van der Waals surface area (Å²) < 4.78 is 0. The fourth-order valence-corrected chi connectivity index (χ4v) is 2.44. The molecule has 0 spiro atoms. The molecule has 0 saturated carbocycles. The van der Waals surface area contributed by atoms with Crippen molar-refractivity contribution in [1.29, 1.82) is 0 Å². The summed E-state index contributed by atoms with van der Waals surface area (Å²) in [6.45, 7) is 4.06. The standard InChI is InChI=1S/C10H16N2O3.C9H17N2O2.C2H4NO.2Y/c1-9(15)10(11-2)5-3-4-6-12(7-13)8-14;1-8(13)9(10-2)5-3-4-6-11-7-12;1-3-2-4;;/h10-11H,3-6H2,1-2H3;9-10H,3-6H2,1-2H3,(H,11,12);1H3,(H,3,4);;/q-2;2*-1;;. The molecule has 13 heteroatoms. The van der Waals surface area contributed by atoms with Crippen LogP contribution in [0.15, 0.2) is 0 Å². The summed E-state index contributed by atoms with van der Waals surface area (Å²) in [6.07, 6.45) is 10.7. The van der Waals surface area contributed by atoms with Crippen LogP contribution in [0.3, 0.4) is 0 Å². The average Bonchev–Trinajstić information content (AvgIpc) is 2.79. The number of carbonyl (C=O) groups is 2. The number of imide groups is 1. The van der Waals surface area contributed by atoms with Crippen LogP contribution in [0.1, 0.15) is 52.4 Å². The van der Waals surface area contributed by atoms with Gasteiger partial charge in [0, 0.05) is 65.4 Å². The fraction of sp³-hybridized carbons (Fsp3) is 0.714. The molecule has 0 aromatic heterocycles. The summed E-state index contributed by atoms with van der Waals surface area (Å²) in [5.41, 5.74) is 0. The molecule has 2 radical (unpaired) electrons. The van der Waals surface area contributed by atoms with Gasteiger partial charge in [-0.25, -0.2) is 0 Å². The first kappa shape index (κ1) is 43.6. The van der Waals surface area contributed by atoms with Gasteiger partial charge in [-0.15, -0.1) is 0 Å². The Labute approximate surface area is 254 Å². The van der Waals surface area contributed by atoms with E-state index in [1.54, 1.807) is 27.4 Å². The van der Waals surface area contributed by atoms with E-state index in [0.717, 1.165) is 30.6 Å². The molecule has 4 amide bonds. The predicted molar refractivity (Wildman–Crippen MR) is 121 cm³/mol. The maximum Gasteiger partial charge on any atom is 0.146 e. The molecule has 11 nitrogen and oxygen atoms in total. The number of carbonyl (C=O) groups excluding carboxylic acids is 6. The number of nitrogens with zero attached hydrogens (tertiary/aromatic N) is 1. The van der Waals surface area contributed by atoms with Gasteiger partial charge in [-0.3, -0.25) is 9.59 Å². The van der Waals surface area contributed by atoms with Crippen molar-refractivity contribution in [2.45, 2.75) is 64.5 Å². The number of amides is 4. The van der Waals surface area contributed by atoms with E-state index in [9.17, 15) is 24.0 Å². The normalized spacial score (nSPS) is 10.5. The summed E-state index contributed by atoms with van der Waals surface area (Å²) in [6, 6.07) is -0.181. The van der Waals surface area contributed by atoms with E-state index in [1.165, 1.54) is 33.2 Å². The van der Waals surface area contributed by atoms with Gasteiger partial charge in [-0.1, -0.05) is 0 Å². The number of nitrogens with one attached hydrogen (secondary N) is 4. The molecule has 2 unspecified atom stereocenters. The van der Waals surface area contributed by atoms with E-state index in [1.807, 2.05) is 0 Å². The summed E-state index contributed by atoms with van der Waals surface area (Å²) in [5.74, 6) is 0.260. The third-order valence-electron chi connectivity index (χ3n) is 4.24. The van der Waals surface area contributed by atoms with Crippen LogP contribution in [-0.2, 0) is 94.2 Å². The van der Waals surface area contributed by atoms with E-state index in [4.69, 9.17) is 4.79 Å². The number of rotatable bonds is 18. The van der Waals surface area contributed by atoms with E-state index in [2.05, 4.69) is 21.3 Å². The summed E-state index contributed by atoms with van der Waals surface area (Å²) in [5, 5.41) is 10.4. The van der Waals surface area contributed by atoms with E-state index < -0.39 is 0 Å². The second-order valence-electron chi connectivity index (χ2n) is 6.61. The molecule has 0 aliphatic carbocycles. The zero-order chi connectivity index (χ0) is 25.2. The van der Waals surface area contributed by atoms with Crippen LogP contribution in [0.5, 0.6) is 0 Å². The van der Waals surface area contributed by atoms with E-state index >= 15 is 0 Å². The third kappa shape index (κ3) is 31.5. The van der Waals surface area contributed by atoms with E-state index in [0.29, 0.717) is 25.9 Å². The Morgan fingerprint density at radius 2 is 1.15 bits per heavy atom. The Balaban J connectivity index is -0.000000136. The molecule has 0 aliphatic heterocycles. The molecular weight excluding hydrogens is 596 g/mol. The molecule has 0 aromatic rings. The molecule has 0 heterocycles. The number of likely N-dealkylation sites (N-methyl/N-ethyl adjacent to an activating group) is 2. The average molecular weight is 633 g/mol. The Bertz CT molecular complexity index is 522. The maximum atomic E-state index is 11.0. The first-order valence-corrected chi connectivity index (χ1v) is 10.3. The Morgan fingerprint density at radius 1 is 0.735 bits per heavy atom. The van der Waals surface area contributed by atoms with Gasteiger partial charge >= 0.3 is 0 Å². The van der Waals surface area contributed by atoms with Gasteiger partial charge < -0.3 is 45.3 Å². The van der Waals surface area contributed by atoms with Gasteiger partial charge in [0.2, 0.25) is 0 Å². The van der Waals surface area contributed by atoms with Gasteiger partial charge in [0.25, 0.3) is 0 Å². The van der Waals surface area contributed by atoms with Crippen molar-refractivity contribution >= 4 is 37.2 Å². The van der Waals surface area contributed by atoms with Crippen molar-refractivity contribution in [2.24, 2.45) is 0 Å². The van der Waals surface area contributed by atoms with Crippen molar-refractivity contribution in [2.75, 3.05) is 34.2 Å². The van der Waals surface area contributed by atoms with Crippen LogP contribution in [0.4, 0.5) is 0 Å². The summed E-state index contributed by atoms with van der Waals surface area (Å²) in [7, 11) is 5.02. The van der Waals surface area contributed by atoms with Gasteiger partial charge in [0.15, 0.2) is 0 Å². The molecule has 4 N–H and O–H groups in total. The van der Waals surface area contributed by atoms with E-state index in [-0.39, 0.29) is 89.1 Å². The molecule has 0 fully saturated rings. The molecule has 0 bridgehead atoms. The number of ketones is 2. The summed E-state index contributed by atoms with van der Waals surface area (Å²) in [4.78, 5) is 61.7. The van der Waals surface area contributed by atoms with Crippen molar-refractivity contribution in [3.63, 3.8) is 0 Å². The number of hydrogen-bond donors (Lipinski definition) is 4. The zero-order valence-corrected chi connectivity index (χ0v) is 26.5. The second kappa shape index (κ2) is 34.7. The van der Waals surface area contributed by atoms with Crippen LogP contribution >= 0.6 is 0 Å². The quantitative estimate of drug-likeness (QED) is 0.0855. The van der Waals surface area contributed by atoms with Gasteiger partial charge in [0.05, 0.1) is 12.1 Å². The van der Waals surface area contributed by atoms with Crippen LogP contribution in [0.2, 0.25) is 0 Å². The minimum Gasteiger partial charge on any atom is -0.636 e. The minimum atomic E-state index is -0.140. The smallest absolute Gasteiger partial charge is 0.146 e. The summed E-state index contributed by atoms with van der Waals surface area (Å²) >= 11 is 0. The van der Waals surface area contributed by atoms with Crippen molar-refractivity contribution in [3.05, 3.63) is 0 Å². The molecule has 2 atom stereocenters. The van der Waals surface area contributed by atoms with Gasteiger partial charge in [0.1, 0.15) is 11.6 Å². The fourth-order valence-electron chi connectivity index (χ4n) is 2.44. The molecule has 192 valence electrons. The molecule has 0 aliphatic rings. The first-order chi connectivity index (χ1) is 15.3. The molecular formula is C21H37N5O6Y2-4. The molecule has 0 aromatic carbocycles. The van der Waals surface area contributed by atoms with Crippen LogP contribution in [-0.4, -0.2) is 88.4 Å². The molecule has 0 saturated heterocycles. The Hall–Kier alpha value is -0.452. The largest absolute Gasteiger partial charge is 0.636 e. The van der Waals surface area contributed by atoms with Crippen LogP contribution < -0.4 is 21.3 Å². The number of hydrogen-bond acceptors (Lipinski definition) is 8. The number of Topliss-reactive ketones (excluding diaryl/α,β-unsaturated/α-hetero) is 2. The third-order valence-corrected chi connectivity index (χ3v) is 4.24. The van der Waals surface area contributed by atoms with Crippen molar-refractivity contribution in [3.8, 4) is 0 Å². The first-order valence-electron chi connectivity index (χ1n) is 10.3. The van der Waals surface area contributed by atoms with Gasteiger partial charge in [-0.2, -0.15) is 25.6 Å². The Kier molecular flexibility index (Phi) is 44.5. The van der Waals surface area contributed by atoms with Crippen molar-refractivity contribution < 1.29 is 94.2 Å². The SMILES string of the molecule is CNC(CCCCN([C-]=O)[C-]=O)C(C)=O.CNC(CCCCN[C-]=O)C(C)=O.CN[C-]=O.[Y].[Y]. The van der Waals surface area contributed by atoms with Crippen LogP contribution in [0.25, 0.3) is 0 Å². The molecule has 0 rings (SSSR count). The second-order valence-corrected chi connectivity index (χ2v) is 6.61. The van der Waals surface area contributed by atoms with Crippen LogP contribution in [0, 0.1) is 0 Å². The minimum absolute atomic E-state index is 0. The zero-order valence-electron chi connectivity index (χ0n) is 20.9. The number of unbranched alkanes of at least 4 members (excludes halogenated alkanes) is 2. The molecule has 34 heavy (non-hydrogen) atoms. The topological polar surface area (TPSA) is 154 Å².